The van der Waals surface area contributed by atoms with Crippen molar-refractivity contribution in [3.8, 4) is 5.75 Å². The number of aryl methyl sites for hydroxylation is 1. The van der Waals surface area contributed by atoms with Gasteiger partial charge in [0.1, 0.15) is 17.3 Å². The minimum atomic E-state index is -4.06. The van der Waals surface area contributed by atoms with E-state index >= 15 is 0 Å². The van der Waals surface area contributed by atoms with Crippen LogP contribution in [0.15, 0.2) is 83.8 Å². The van der Waals surface area contributed by atoms with Crippen LogP contribution in [-0.2, 0) is 31.0 Å². The molecule has 34 heavy (non-hydrogen) atoms. The van der Waals surface area contributed by atoms with Gasteiger partial charge < -0.3 is 19.0 Å². The van der Waals surface area contributed by atoms with Crippen molar-refractivity contribution >= 4 is 22.2 Å². The lowest BCUT2D eigenvalue weighted by atomic mass is 9.99. The zero-order valence-electron chi connectivity index (χ0n) is 18.8. The van der Waals surface area contributed by atoms with Crippen LogP contribution in [0.1, 0.15) is 22.6 Å². The maximum atomic E-state index is 12.6. The average molecular weight is 484 g/mol. The number of hydrogen-bond donors (Lipinski definition) is 1. The van der Waals surface area contributed by atoms with Crippen molar-refractivity contribution in [2.75, 3.05) is 13.7 Å². The van der Waals surface area contributed by atoms with Gasteiger partial charge in [0.05, 0.1) is 13.0 Å². The van der Waals surface area contributed by atoms with E-state index in [1.807, 2.05) is 37.3 Å². The highest BCUT2D eigenvalue weighted by Crippen LogP contribution is 2.25. The normalized spacial score (nSPS) is 11.8. The monoisotopic (exact) mass is 483 g/mol. The van der Waals surface area contributed by atoms with Gasteiger partial charge in [-0.15, -0.1) is 0 Å². The van der Waals surface area contributed by atoms with Crippen molar-refractivity contribution in [2.24, 2.45) is 0 Å². The van der Waals surface area contributed by atoms with Crippen LogP contribution in [0.2, 0.25) is 0 Å². The maximum Gasteiger partial charge on any atom is 0.407 e. The molecular formula is C25H25NO7S. The number of carbonyl (C=O) groups is 2. The molecule has 0 saturated heterocycles. The van der Waals surface area contributed by atoms with Crippen LogP contribution in [0.4, 0.5) is 4.79 Å². The molecule has 1 unspecified atom stereocenters. The highest BCUT2D eigenvalue weighted by atomic mass is 32.2. The second kappa shape index (κ2) is 11.3. The van der Waals surface area contributed by atoms with Gasteiger partial charge in [0.15, 0.2) is 0 Å². The van der Waals surface area contributed by atoms with Crippen molar-refractivity contribution in [1.82, 2.24) is 5.32 Å². The summed E-state index contributed by atoms with van der Waals surface area (Å²) >= 11 is 0. The first-order valence-corrected chi connectivity index (χ1v) is 11.8. The second-order valence-electron chi connectivity index (χ2n) is 7.44. The number of esters is 1. The number of methoxy groups -OCH3 is 1. The Morgan fingerprint density at radius 1 is 0.941 bits per heavy atom. The molecule has 0 bridgehead atoms. The lowest BCUT2D eigenvalue weighted by Crippen LogP contribution is -2.32. The topological polar surface area (TPSA) is 108 Å². The Labute approximate surface area is 198 Å². The van der Waals surface area contributed by atoms with Crippen molar-refractivity contribution in [2.45, 2.75) is 24.3 Å². The molecule has 1 amide bonds. The van der Waals surface area contributed by atoms with E-state index in [1.165, 1.54) is 31.4 Å². The van der Waals surface area contributed by atoms with Crippen molar-refractivity contribution in [3.05, 3.63) is 95.6 Å². The summed E-state index contributed by atoms with van der Waals surface area (Å²) in [5, 5.41) is 2.54. The maximum absolute atomic E-state index is 12.6. The van der Waals surface area contributed by atoms with Gasteiger partial charge in [0.2, 0.25) is 0 Å². The molecular weight excluding hydrogens is 458 g/mol. The molecule has 1 atom stereocenters. The first-order chi connectivity index (χ1) is 16.3. The van der Waals surface area contributed by atoms with Crippen molar-refractivity contribution in [3.63, 3.8) is 0 Å². The second-order valence-corrected chi connectivity index (χ2v) is 8.99. The molecule has 0 aliphatic rings. The minimum absolute atomic E-state index is 0.0100. The van der Waals surface area contributed by atoms with Crippen molar-refractivity contribution in [1.29, 1.82) is 0 Å². The third-order valence-corrected chi connectivity index (χ3v) is 6.19. The summed E-state index contributed by atoms with van der Waals surface area (Å²) < 4.78 is 40.5. The first kappa shape index (κ1) is 24.8. The van der Waals surface area contributed by atoms with Gasteiger partial charge in [-0.3, -0.25) is 4.79 Å². The Kier molecular flexibility index (Phi) is 8.26. The molecule has 3 aromatic carbocycles. The highest BCUT2D eigenvalue weighted by molar-refractivity contribution is 7.87. The lowest BCUT2D eigenvalue weighted by Gasteiger charge is -2.17. The molecule has 8 nitrogen and oxygen atoms in total. The number of nitrogens with one attached hydrogen (secondary N) is 1. The van der Waals surface area contributed by atoms with Crippen LogP contribution < -0.4 is 9.50 Å². The quantitative estimate of drug-likeness (QED) is 0.363. The molecule has 0 radical (unpaired) electrons. The number of rotatable bonds is 9. The van der Waals surface area contributed by atoms with Crippen LogP contribution in [0.5, 0.6) is 5.75 Å². The number of carbonyl (C=O) groups excluding carboxylic acids is 2. The fraction of sp³-hybridized carbons (Fsp3) is 0.200. The molecule has 9 heteroatoms. The molecule has 0 aromatic heterocycles. The Morgan fingerprint density at radius 3 is 2.32 bits per heavy atom. The predicted octanol–water partition coefficient (Wildman–Crippen LogP) is 3.95. The molecule has 3 aromatic rings. The van der Waals surface area contributed by atoms with E-state index in [-0.39, 0.29) is 23.8 Å². The van der Waals surface area contributed by atoms with Gasteiger partial charge in [-0.05, 0) is 42.3 Å². The summed E-state index contributed by atoms with van der Waals surface area (Å²) in [6.07, 6.45) is -0.702. The van der Waals surface area contributed by atoms with E-state index in [0.29, 0.717) is 5.56 Å². The van der Waals surface area contributed by atoms with Gasteiger partial charge in [0, 0.05) is 6.54 Å². The van der Waals surface area contributed by atoms with Gasteiger partial charge in [-0.25, -0.2) is 4.79 Å². The number of ether oxygens (including phenoxy) is 2. The van der Waals surface area contributed by atoms with Gasteiger partial charge in [-0.1, -0.05) is 60.2 Å². The molecule has 0 aliphatic heterocycles. The van der Waals surface area contributed by atoms with E-state index < -0.39 is 28.1 Å². The fourth-order valence-corrected chi connectivity index (χ4v) is 4.02. The molecule has 0 spiro atoms. The summed E-state index contributed by atoms with van der Waals surface area (Å²) in [5.74, 6) is -1.49. The standard InChI is InChI=1S/C25H25NO7S/c1-18-11-13-22(14-12-18)34(29,30)33-21-10-6-9-20(15-21)23(24(27)31-2)16-26-25(28)32-17-19-7-4-3-5-8-19/h3-15,23H,16-17H2,1-2H3,(H,26,28). The summed E-state index contributed by atoms with van der Waals surface area (Å²) in [6, 6.07) is 21.5. The van der Waals surface area contributed by atoms with Crippen LogP contribution in [0.25, 0.3) is 0 Å². The van der Waals surface area contributed by atoms with E-state index in [9.17, 15) is 18.0 Å². The summed E-state index contributed by atoms with van der Waals surface area (Å²) in [6.45, 7) is 1.81. The smallest absolute Gasteiger partial charge is 0.407 e. The Balaban J connectivity index is 1.69. The number of alkyl carbamates (subject to hydrolysis) is 1. The third-order valence-electron chi connectivity index (χ3n) is 4.93. The fourth-order valence-electron chi connectivity index (χ4n) is 3.10. The number of hydrogen-bond acceptors (Lipinski definition) is 7. The average Bonchev–Trinajstić information content (AvgIpc) is 2.83. The van der Waals surface area contributed by atoms with Crippen LogP contribution in [0.3, 0.4) is 0 Å². The summed E-state index contributed by atoms with van der Waals surface area (Å²) in [4.78, 5) is 24.5. The Hall–Kier alpha value is -3.85. The predicted molar refractivity (Wildman–Crippen MR) is 125 cm³/mol. The van der Waals surface area contributed by atoms with E-state index in [1.54, 1.807) is 24.3 Å². The molecule has 0 heterocycles. The Morgan fingerprint density at radius 2 is 1.65 bits per heavy atom. The van der Waals surface area contributed by atoms with E-state index in [4.69, 9.17) is 13.7 Å². The van der Waals surface area contributed by atoms with Crippen LogP contribution >= 0.6 is 0 Å². The largest absolute Gasteiger partial charge is 0.468 e. The van der Waals surface area contributed by atoms with Crippen LogP contribution in [-0.4, -0.2) is 34.1 Å². The van der Waals surface area contributed by atoms with Gasteiger partial charge in [0.25, 0.3) is 0 Å². The third kappa shape index (κ3) is 6.82. The zero-order valence-corrected chi connectivity index (χ0v) is 19.6. The zero-order chi connectivity index (χ0) is 24.6. The molecule has 0 aliphatic carbocycles. The van der Waals surface area contributed by atoms with E-state index in [0.717, 1.165) is 11.1 Å². The minimum Gasteiger partial charge on any atom is -0.468 e. The summed E-state index contributed by atoms with van der Waals surface area (Å²) in [5.41, 5.74) is 2.14. The van der Waals surface area contributed by atoms with Crippen molar-refractivity contribution < 1.29 is 31.7 Å². The highest BCUT2D eigenvalue weighted by Gasteiger charge is 2.24. The molecule has 1 N–H and O–H groups in total. The van der Waals surface area contributed by atoms with E-state index in [2.05, 4.69) is 5.32 Å². The van der Waals surface area contributed by atoms with Gasteiger partial charge >= 0.3 is 22.2 Å². The lowest BCUT2D eigenvalue weighted by molar-refractivity contribution is -0.142. The molecule has 178 valence electrons. The molecule has 0 saturated carbocycles. The van der Waals surface area contributed by atoms with Crippen LogP contribution in [0, 0.1) is 6.92 Å². The Bertz CT molecular complexity index is 1230. The molecule has 0 fully saturated rings. The number of benzene rings is 3. The number of amides is 1. The summed E-state index contributed by atoms with van der Waals surface area (Å²) in [7, 11) is -2.84. The van der Waals surface area contributed by atoms with Gasteiger partial charge in [-0.2, -0.15) is 8.42 Å². The first-order valence-electron chi connectivity index (χ1n) is 10.4. The SMILES string of the molecule is COC(=O)C(CNC(=O)OCc1ccccc1)c1cccc(OS(=O)(=O)c2ccc(C)cc2)c1. The molecule has 3 rings (SSSR count).